The average molecular weight is 336 g/mol. The Morgan fingerprint density at radius 3 is 2.28 bits per heavy atom. The van der Waals surface area contributed by atoms with Crippen LogP contribution in [0.5, 0.6) is 17.2 Å². The van der Waals surface area contributed by atoms with Crippen molar-refractivity contribution in [3.63, 3.8) is 0 Å². The van der Waals surface area contributed by atoms with Crippen LogP contribution in [0, 0.1) is 0 Å². The lowest BCUT2D eigenvalue weighted by Crippen LogP contribution is -2.01. The molecule has 0 unspecified atom stereocenters. The molecule has 6 heteroatoms. The quantitative estimate of drug-likeness (QED) is 0.481. The Morgan fingerprint density at radius 1 is 0.760 bits per heavy atom. The van der Waals surface area contributed by atoms with Gasteiger partial charge in [0.1, 0.15) is 28.2 Å². The first-order valence-electron chi connectivity index (χ1n) is 7.40. The van der Waals surface area contributed by atoms with Gasteiger partial charge in [0.2, 0.25) is 0 Å². The van der Waals surface area contributed by atoms with Crippen LogP contribution in [-0.4, -0.2) is 15.3 Å². The van der Waals surface area contributed by atoms with E-state index < -0.39 is 5.43 Å². The number of phenolic OH excluding ortho intramolecular Hbond substituents is 3. The number of hydrogen-bond donors (Lipinski definition) is 3. The summed E-state index contributed by atoms with van der Waals surface area (Å²) in [7, 11) is 0. The molecule has 0 radical (unpaired) electrons. The highest BCUT2D eigenvalue weighted by atomic mass is 16.3. The van der Waals surface area contributed by atoms with Gasteiger partial charge < -0.3 is 24.2 Å². The summed E-state index contributed by atoms with van der Waals surface area (Å²) in [6.07, 6.45) is 1.50. The maximum absolute atomic E-state index is 12.4. The van der Waals surface area contributed by atoms with E-state index in [0.717, 1.165) is 0 Å². The molecule has 0 aliphatic rings. The highest BCUT2D eigenvalue weighted by Crippen LogP contribution is 2.34. The van der Waals surface area contributed by atoms with Crippen LogP contribution in [0.2, 0.25) is 0 Å². The first-order chi connectivity index (χ1) is 12.0. The fourth-order valence-corrected chi connectivity index (χ4v) is 2.67. The highest BCUT2D eigenvalue weighted by molar-refractivity contribution is 5.88. The Labute approximate surface area is 140 Å². The third-order valence-electron chi connectivity index (χ3n) is 3.88. The van der Waals surface area contributed by atoms with Crippen molar-refractivity contribution in [2.75, 3.05) is 0 Å². The maximum atomic E-state index is 12.4. The lowest BCUT2D eigenvalue weighted by molar-refractivity contribution is 0.404. The number of phenols is 3. The van der Waals surface area contributed by atoms with Crippen molar-refractivity contribution in [3.8, 4) is 39.9 Å². The van der Waals surface area contributed by atoms with Gasteiger partial charge in [-0.15, -0.1) is 0 Å². The van der Waals surface area contributed by atoms with E-state index >= 15 is 0 Å². The molecule has 0 spiro atoms. The summed E-state index contributed by atoms with van der Waals surface area (Å²) in [5.74, 6) is -0.0915. The fraction of sp³-hybridized carbons (Fsp3) is 0. The Morgan fingerprint density at radius 2 is 1.56 bits per heavy atom. The normalized spacial score (nSPS) is 11.0. The summed E-state index contributed by atoms with van der Waals surface area (Å²) in [5, 5.41) is 29.3. The molecule has 0 atom stereocenters. The van der Waals surface area contributed by atoms with Crippen LogP contribution < -0.4 is 5.43 Å². The fourth-order valence-electron chi connectivity index (χ4n) is 2.67. The lowest BCUT2D eigenvalue weighted by atomic mass is 10.1. The van der Waals surface area contributed by atoms with E-state index in [1.165, 1.54) is 36.6 Å². The standard InChI is InChI=1S/C19H12O6/c20-12-4-3-10(6-13(12)21)17-9-15(23)19-14(22)7-11(8-18(19)25-17)16-2-1-5-24-16/h1-9,20-22H. The second-order valence-electron chi connectivity index (χ2n) is 5.52. The van der Waals surface area contributed by atoms with Gasteiger partial charge in [-0.05, 0) is 42.5 Å². The predicted octanol–water partition coefficient (Wildman–Crippen LogP) is 3.84. The molecule has 0 aliphatic heterocycles. The second kappa shape index (κ2) is 5.45. The zero-order chi connectivity index (χ0) is 17.6. The Kier molecular flexibility index (Phi) is 3.25. The second-order valence-corrected chi connectivity index (χ2v) is 5.52. The molecule has 0 amide bonds. The van der Waals surface area contributed by atoms with Crippen molar-refractivity contribution < 1.29 is 24.2 Å². The molecule has 0 aliphatic carbocycles. The summed E-state index contributed by atoms with van der Waals surface area (Å²) >= 11 is 0. The topological polar surface area (TPSA) is 104 Å². The van der Waals surface area contributed by atoms with Crippen molar-refractivity contribution >= 4 is 11.0 Å². The van der Waals surface area contributed by atoms with E-state index in [4.69, 9.17) is 8.83 Å². The minimum Gasteiger partial charge on any atom is -0.507 e. The SMILES string of the molecule is O=c1cc(-c2ccc(O)c(O)c2)oc2cc(-c3ccco3)cc(O)c12. The van der Waals surface area contributed by atoms with Crippen LogP contribution in [0.4, 0.5) is 0 Å². The molecule has 0 saturated carbocycles. The van der Waals surface area contributed by atoms with Crippen LogP contribution in [0.15, 0.2) is 68.4 Å². The zero-order valence-electron chi connectivity index (χ0n) is 12.8. The van der Waals surface area contributed by atoms with Crippen molar-refractivity contribution in [2.24, 2.45) is 0 Å². The van der Waals surface area contributed by atoms with E-state index in [1.807, 2.05) is 0 Å². The first kappa shape index (κ1) is 14.9. The van der Waals surface area contributed by atoms with Gasteiger partial charge in [0.05, 0.1) is 6.26 Å². The van der Waals surface area contributed by atoms with Crippen molar-refractivity contribution in [1.29, 1.82) is 0 Å². The van der Waals surface area contributed by atoms with Crippen LogP contribution in [0.1, 0.15) is 0 Å². The summed E-state index contributed by atoms with van der Waals surface area (Å²) in [6, 6.07) is 11.8. The van der Waals surface area contributed by atoms with Crippen LogP contribution in [0.25, 0.3) is 33.6 Å². The summed E-state index contributed by atoms with van der Waals surface area (Å²) in [4.78, 5) is 12.4. The number of hydrogen-bond acceptors (Lipinski definition) is 6. The molecule has 3 N–H and O–H groups in total. The molecule has 124 valence electrons. The highest BCUT2D eigenvalue weighted by Gasteiger charge is 2.14. The number of rotatable bonds is 2. The first-order valence-corrected chi connectivity index (χ1v) is 7.40. The van der Waals surface area contributed by atoms with Gasteiger partial charge in [0.25, 0.3) is 0 Å². The molecule has 6 nitrogen and oxygen atoms in total. The molecule has 0 bridgehead atoms. The average Bonchev–Trinajstić information content (AvgIpc) is 3.11. The molecule has 0 saturated heterocycles. The van der Waals surface area contributed by atoms with Crippen LogP contribution >= 0.6 is 0 Å². The lowest BCUT2D eigenvalue weighted by Gasteiger charge is -2.07. The Bertz CT molecular complexity index is 1140. The van der Waals surface area contributed by atoms with E-state index in [9.17, 15) is 20.1 Å². The zero-order valence-corrected chi connectivity index (χ0v) is 12.8. The molecule has 2 aromatic carbocycles. The molecule has 0 fully saturated rings. The van der Waals surface area contributed by atoms with Gasteiger partial charge in [-0.1, -0.05) is 0 Å². The van der Waals surface area contributed by atoms with E-state index in [2.05, 4.69) is 0 Å². The summed E-state index contributed by atoms with van der Waals surface area (Å²) in [6.45, 7) is 0. The molecule has 4 rings (SSSR count). The van der Waals surface area contributed by atoms with E-state index in [0.29, 0.717) is 16.9 Å². The van der Waals surface area contributed by atoms with E-state index in [-0.39, 0.29) is 34.0 Å². The monoisotopic (exact) mass is 336 g/mol. The number of benzene rings is 2. The molecule has 4 aromatic rings. The third-order valence-corrected chi connectivity index (χ3v) is 3.88. The predicted molar refractivity (Wildman–Crippen MR) is 90.6 cm³/mol. The Hall–Kier alpha value is -3.67. The van der Waals surface area contributed by atoms with Gasteiger partial charge in [-0.2, -0.15) is 0 Å². The molecular formula is C19H12O6. The van der Waals surface area contributed by atoms with Gasteiger partial charge in [0, 0.05) is 17.2 Å². The van der Waals surface area contributed by atoms with Gasteiger partial charge >= 0.3 is 0 Å². The largest absolute Gasteiger partial charge is 0.507 e. The summed E-state index contributed by atoms with van der Waals surface area (Å²) in [5.41, 5.74) is 0.731. The van der Waals surface area contributed by atoms with Crippen molar-refractivity contribution in [3.05, 3.63) is 65.0 Å². The summed E-state index contributed by atoms with van der Waals surface area (Å²) < 4.78 is 11.1. The van der Waals surface area contributed by atoms with Crippen molar-refractivity contribution in [2.45, 2.75) is 0 Å². The minimum atomic E-state index is -0.424. The number of fused-ring (bicyclic) bond motifs is 1. The molecule has 2 aromatic heterocycles. The minimum absolute atomic E-state index is 0.0575. The number of aromatic hydroxyl groups is 3. The van der Waals surface area contributed by atoms with Gasteiger partial charge in [-0.3, -0.25) is 4.79 Å². The van der Waals surface area contributed by atoms with Crippen molar-refractivity contribution in [1.82, 2.24) is 0 Å². The molecule has 2 heterocycles. The van der Waals surface area contributed by atoms with E-state index in [1.54, 1.807) is 18.2 Å². The molecule has 25 heavy (non-hydrogen) atoms. The maximum Gasteiger partial charge on any atom is 0.197 e. The third kappa shape index (κ3) is 2.49. The smallest absolute Gasteiger partial charge is 0.197 e. The van der Waals surface area contributed by atoms with Gasteiger partial charge in [0.15, 0.2) is 16.9 Å². The van der Waals surface area contributed by atoms with Crippen LogP contribution in [-0.2, 0) is 0 Å². The van der Waals surface area contributed by atoms with Crippen LogP contribution in [0.3, 0.4) is 0 Å². The molecular weight excluding hydrogens is 324 g/mol. The number of furan rings is 1. The Balaban J connectivity index is 1.96. The van der Waals surface area contributed by atoms with Gasteiger partial charge in [-0.25, -0.2) is 0 Å².